The van der Waals surface area contributed by atoms with Crippen molar-refractivity contribution in [1.82, 2.24) is 30.0 Å². The van der Waals surface area contributed by atoms with Crippen LogP contribution in [0.2, 0.25) is 0 Å². The Bertz CT molecular complexity index is 2320. The zero-order valence-electron chi connectivity index (χ0n) is 36.9. The van der Waals surface area contributed by atoms with Crippen molar-refractivity contribution >= 4 is 44.6 Å². The van der Waals surface area contributed by atoms with Gasteiger partial charge in [0.15, 0.2) is 0 Å². The monoisotopic (exact) mass is 881 g/mol. The molecule has 4 aromatic carbocycles. The molecule has 0 radical (unpaired) electrons. The number of benzene rings is 4. The van der Waals surface area contributed by atoms with Crippen LogP contribution in [0.15, 0.2) is 89.8 Å². The van der Waals surface area contributed by atoms with Crippen LogP contribution in [0.3, 0.4) is 0 Å². The minimum absolute atomic E-state index is 0.0514. The maximum absolute atomic E-state index is 14.1. The molecule has 4 aliphatic rings. The van der Waals surface area contributed by atoms with Crippen molar-refractivity contribution in [1.29, 1.82) is 0 Å². The van der Waals surface area contributed by atoms with Gasteiger partial charge in [0.2, 0.25) is 5.91 Å². The van der Waals surface area contributed by atoms with E-state index in [-0.39, 0.29) is 22.9 Å². The zero-order valence-corrected chi connectivity index (χ0v) is 37.7. The van der Waals surface area contributed by atoms with Crippen molar-refractivity contribution in [2.24, 2.45) is 0 Å². The second kappa shape index (κ2) is 21.1. The average molecular weight is 882 g/mol. The molecule has 3 N–H and O–H groups in total. The number of rotatable bonds is 10. The van der Waals surface area contributed by atoms with Gasteiger partial charge >= 0.3 is 12.1 Å². The normalized spacial score (nSPS) is 19.0. The van der Waals surface area contributed by atoms with Crippen molar-refractivity contribution in [2.45, 2.75) is 88.2 Å². The number of hydroxylamine groups is 2. The van der Waals surface area contributed by atoms with E-state index in [4.69, 9.17) is 9.39 Å². The number of fused-ring (bicyclic) bond motifs is 2. The molecule has 0 saturated carbocycles. The lowest BCUT2D eigenvalue weighted by Crippen LogP contribution is -2.58. The third-order valence-electron chi connectivity index (χ3n) is 13.1. The molecule has 0 spiro atoms. The van der Waals surface area contributed by atoms with E-state index in [1.165, 1.54) is 36.1 Å². The number of nitrogens with zero attached hydrogens (tertiary/aromatic N) is 5. The lowest BCUT2D eigenvalue weighted by molar-refractivity contribution is -0.138. The molecule has 0 bridgehead atoms. The molecule has 3 saturated heterocycles. The zero-order chi connectivity index (χ0) is 44.5. The number of piperidine rings is 2. The van der Waals surface area contributed by atoms with E-state index >= 15 is 0 Å². The predicted octanol–water partition coefficient (Wildman–Crippen LogP) is 6.24. The number of carbonyl (C=O) groups excluding carboxylic acids is 3. The Labute approximate surface area is 372 Å². The molecule has 4 heterocycles. The van der Waals surface area contributed by atoms with Crippen molar-refractivity contribution in [3.63, 3.8) is 0 Å². The van der Waals surface area contributed by atoms with Crippen LogP contribution >= 0.6 is 0 Å². The van der Waals surface area contributed by atoms with Gasteiger partial charge in [0.05, 0.1) is 4.90 Å². The number of hydrogen-bond acceptors (Lipinski definition) is 9. The predicted molar refractivity (Wildman–Crippen MR) is 245 cm³/mol. The maximum atomic E-state index is 14.1. The fourth-order valence-corrected chi connectivity index (χ4v) is 9.92. The Kier molecular flexibility index (Phi) is 15.4. The van der Waals surface area contributed by atoms with Crippen molar-refractivity contribution in [3.05, 3.63) is 107 Å². The van der Waals surface area contributed by atoms with Gasteiger partial charge in [-0.1, -0.05) is 80.6 Å². The minimum atomic E-state index is -4.09. The summed E-state index contributed by atoms with van der Waals surface area (Å²) in [5, 5.41) is 9.44. The molecule has 4 amide bonds. The first-order valence-electron chi connectivity index (χ1n) is 22.6. The first kappa shape index (κ1) is 45.9. The lowest BCUT2D eigenvalue weighted by Gasteiger charge is -2.42. The van der Waals surface area contributed by atoms with E-state index in [2.05, 4.69) is 65.6 Å². The number of anilines is 1. The van der Waals surface area contributed by atoms with Crippen LogP contribution in [-0.2, 0) is 45.4 Å². The largest absolute Gasteiger partial charge is 0.426 e. The first-order chi connectivity index (χ1) is 30.4. The molecule has 0 aliphatic carbocycles. The highest BCUT2D eigenvalue weighted by Crippen LogP contribution is 2.26. The Morgan fingerprint density at radius 3 is 2.14 bits per heavy atom. The van der Waals surface area contributed by atoms with E-state index in [1.54, 1.807) is 17.2 Å². The number of amides is 4. The molecule has 63 heavy (non-hydrogen) atoms. The van der Waals surface area contributed by atoms with Crippen LogP contribution in [0.4, 0.5) is 15.3 Å². The third kappa shape index (κ3) is 11.9. The lowest BCUT2D eigenvalue weighted by atomic mass is 9.96. The van der Waals surface area contributed by atoms with Gasteiger partial charge in [-0.15, -0.1) is 5.06 Å². The molecule has 14 nitrogen and oxygen atoms in total. The number of aryl methyl sites for hydroxylation is 2. The standard InChI is InChI=1S/C38H55N7O4.C10H8O3S/c1-4-29-11-10-28(26-30(29)5-2)27-35(36(46)43-24-22-42(23-25-43)32-13-17-41(3)18-14-32)40-38(48)49-44-19-15-33(16-20-44)45-21-12-31-8-6-7-9-34(31)39-37(45)47;11-14(12,13)10-6-5-8-3-1-2-4-9(8)7-10/h6-11,26,32-33,35H,4-5,12-25,27H2,1-3H3,(H,39,47)(H,40,48);1-7H,(H,11,12,13). The highest BCUT2D eigenvalue weighted by atomic mass is 32.2. The second-order valence-electron chi connectivity index (χ2n) is 17.2. The SMILES string of the molecule is CCc1ccc(CC(NC(=O)ON2CCC(N3CCc4ccccc4NC3=O)CC2)C(=O)N2CCN(C3CCN(C)CC3)CC2)cc1CC.O=S(=O)(O)c1ccc2ccccc2c1. The van der Waals surface area contributed by atoms with Crippen LogP contribution in [0.5, 0.6) is 0 Å². The summed E-state index contributed by atoms with van der Waals surface area (Å²) in [7, 11) is -1.91. The Morgan fingerprint density at radius 1 is 0.778 bits per heavy atom. The van der Waals surface area contributed by atoms with Crippen LogP contribution in [0.1, 0.15) is 61.8 Å². The van der Waals surface area contributed by atoms with Crippen molar-refractivity contribution in [3.8, 4) is 0 Å². The number of nitrogens with one attached hydrogen (secondary N) is 2. The summed E-state index contributed by atoms with van der Waals surface area (Å²) in [4.78, 5) is 55.0. The molecule has 4 aromatic rings. The van der Waals surface area contributed by atoms with Crippen molar-refractivity contribution in [2.75, 3.05) is 71.3 Å². The fraction of sp³-hybridized carbons (Fsp3) is 0.479. The first-order valence-corrected chi connectivity index (χ1v) is 24.0. The Hall–Kier alpha value is -5.06. The minimum Gasteiger partial charge on any atom is -0.351 e. The average Bonchev–Trinajstić information content (AvgIpc) is 3.46. The van der Waals surface area contributed by atoms with Crippen LogP contribution in [0.25, 0.3) is 10.8 Å². The van der Waals surface area contributed by atoms with E-state index in [9.17, 15) is 22.8 Å². The summed E-state index contributed by atoms with van der Waals surface area (Å²) in [6, 6.07) is 26.1. The van der Waals surface area contributed by atoms with Gasteiger partial charge in [-0.25, -0.2) is 9.59 Å². The van der Waals surface area contributed by atoms with Crippen LogP contribution in [0, 0.1) is 0 Å². The third-order valence-corrected chi connectivity index (χ3v) is 14.0. The Morgan fingerprint density at radius 2 is 1.44 bits per heavy atom. The smallest absolute Gasteiger partial charge is 0.351 e. The molecule has 8 rings (SSSR count). The number of carbonyl (C=O) groups is 3. The molecule has 338 valence electrons. The van der Waals surface area contributed by atoms with E-state index in [0.717, 1.165) is 73.0 Å². The summed E-state index contributed by atoms with van der Waals surface area (Å²) < 4.78 is 30.5. The van der Waals surface area contributed by atoms with Crippen LogP contribution < -0.4 is 10.6 Å². The highest BCUT2D eigenvalue weighted by Gasteiger charge is 2.34. The van der Waals surface area contributed by atoms with E-state index < -0.39 is 22.3 Å². The number of hydrogen-bond donors (Lipinski definition) is 3. The van der Waals surface area contributed by atoms with Gasteiger partial charge < -0.3 is 30.2 Å². The summed E-state index contributed by atoms with van der Waals surface area (Å²) in [6.07, 6.45) is 6.23. The topological polar surface area (TPSA) is 155 Å². The van der Waals surface area contributed by atoms with E-state index in [1.807, 2.05) is 46.2 Å². The molecule has 1 unspecified atom stereocenters. The van der Waals surface area contributed by atoms with Gasteiger partial charge in [0.25, 0.3) is 10.1 Å². The molecule has 4 aliphatic heterocycles. The van der Waals surface area contributed by atoms with Gasteiger partial charge in [-0.05, 0) is 116 Å². The van der Waals surface area contributed by atoms with Gasteiger partial charge in [-0.3, -0.25) is 14.2 Å². The number of piperazine rings is 1. The Balaban J connectivity index is 0.000000359. The maximum Gasteiger partial charge on any atom is 0.426 e. The molecule has 3 fully saturated rings. The highest BCUT2D eigenvalue weighted by molar-refractivity contribution is 7.85. The number of para-hydroxylation sites is 1. The molecular weight excluding hydrogens is 819 g/mol. The number of urea groups is 1. The summed E-state index contributed by atoms with van der Waals surface area (Å²) in [5.41, 5.74) is 5.66. The van der Waals surface area contributed by atoms with Crippen molar-refractivity contribution < 1.29 is 32.2 Å². The molecule has 1 atom stereocenters. The number of likely N-dealkylation sites (tertiary alicyclic amines) is 1. The second-order valence-corrected chi connectivity index (χ2v) is 18.6. The van der Waals surface area contributed by atoms with Gasteiger partial charge in [0, 0.05) is 70.0 Å². The fourth-order valence-electron chi connectivity index (χ4n) is 9.40. The molecule has 15 heteroatoms. The van der Waals surface area contributed by atoms with Gasteiger partial charge in [-0.2, -0.15) is 8.42 Å². The van der Waals surface area contributed by atoms with Gasteiger partial charge in [0.1, 0.15) is 6.04 Å². The summed E-state index contributed by atoms with van der Waals surface area (Å²) in [6.45, 7) is 11.3. The summed E-state index contributed by atoms with van der Waals surface area (Å²) in [5.74, 6) is -0.0514. The van der Waals surface area contributed by atoms with Crippen LogP contribution in [-0.4, -0.2) is 140 Å². The molecule has 0 aromatic heterocycles. The summed E-state index contributed by atoms with van der Waals surface area (Å²) >= 11 is 0. The molecular formula is C48H63N7O7S. The quantitative estimate of drug-likeness (QED) is 0.156. The van der Waals surface area contributed by atoms with E-state index in [0.29, 0.717) is 58.0 Å².